The van der Waals surface area contributed by atoms with Gasteiger partial charge in [-0.1, -0.05) is 357 Å². The molecule has 0 radical (unpaired) electrons. The first-order chi connectivity index (χ1) is 38.2. The summed E-state index contributed by atoms with van der Waals surface area (Å²) in [4.78, 5) is 12.5. The van der Waals surface area contributed by atoms with Gasteiger partial charge in [0.15, 0.2) is 0 Å². The van der Waals surface area contributed by atoms with Gasteiger partial charge in [-0.05, 0) is 77.0 Å². The maximum absolute atomic E-state index is 12.5. The zero-order valence-electron chi connectivity index (χ0n) is 52.2. The van der Waals surface area contributed by atoms with Gasteiger partial charge in [0.2, 0.25) is 5.91 Å². The number of carbonyl (C=O) groups excluding carboxylic acids is 1. The van der Waals surface area contributed by atoms with E-state index in [0.29, 0.717) is 6.42 Å². The van der Waals surface area contributed by atoms with E-state index in [-0.39, 0.29) is 12.5 Å². The van der Waals surface area contributed by atoms with Crippen LogP contribution in [0.25, 0.3) is 0 Å². The molecule has 0 spiro atoms. The number of hydrogen-bond acceptors (Lipinski definition) is 3. The minimum atomic E-state index is -0.873. The Kier molecular flexibility index (Phi) is 66.7. The van der Waals surface area contributed by atoms with Crippen LogP contribution in [0.1, 0.15) is 380 Å². The maximum atomic E-state index is 12.5. The van der Waals surface area contributed by atoms with Crippen molar-refractivity contribution in [1.29, 1.82) is 0 Å². The number of allylic oxidation sites excluding steroid dienone is 9. The van der Waals surface area contributed by atoms with E-state index in [0.717, 1.165) is 44.9 Å². The largest absolute Gasteiger partial charge is 0.394 e. The molecule has 0 aromatic rings. The van der Waals surface area contributed by atoms with Crippen LogP contribution in [0.5, 0.6) is 0 Å². The summed E-state index contributed by atoms with van der Waals surface area (Å²) in [5.74, 6) is -0.0720. The first-order valence-corrected chi connectivity index (χ1v) is 35.0. The Morgan fingerprint density at radius 2 is 0.545 bits per heavy atom. The monoisotopic (exact) mass is 1080 g/mol. The van der Waals surface area contributed by atoms with Crippen molar-refractivity contribution in [1.82, 2.24) is 5.32 Å². The van der Waals surface area contributed by atoms with E-state index >= 15 is 0 Å². The number of nitrogens with one attached hydrogen (secondary N) is 1. The molecule has 0 saturated carbocycles. The Bertz CT molecular complexity index is 1270. The maximum Gasteiger partial charge on any atom is 0.220 e. The van der Waals surface area contributed by atoms with Crippen LogP contribution in [0.4, 0.5) is 0 Å². The lowest BCUT2D eigenvalue weighted by Crippen LogP contribution is -2.45. The van der Waals surface area contributed by atoms with E-state index in [9.17, 15) is 15.0 Å². The number of carbonyl (C=O) groups is 1. The third-order valence-electron chi connectivity index (χ3n) is 16.2. The zero-order valence-corrected chi connectivity index (χ0v) is 52.2. The molecule has 0 heterocycles. The Morgan fingerprint density at radius 1 is 0.312 bits per heavy atom. The molecular formula is C73H137NO3. The highest BCUT2D eigenvalue weighted by molar-refractivity contribution is 5.76. The quantitative estimate of drug-likeness (QED) is 0.0420. The average Bonchev–Trinajstić information content (AvgIpc) is 3.43. The molecule has 2 atom stereocenters. The fourth-order valence-electron chi connectivity index (χ4n) is 10.9. The summed E-state index contributed by atoms with van der Waals surface area (Å²) in [6.07, 6.45) is 97.4. The number of unbranched alkanes of at least 4 members (excludes halogenated alkanes) is 50. The van der Waals surface area contributed by atoms with Gasteiger partial charge in [0.1, 0.15) is 0 Å². The molecule has 3 N–H and O–H groups in total. The van der Waals surface area contributed by atoms with E-state index in [1.54, 1.807) is 6.08 Å². The molecule has 1 amide bonds. The Labute approximate surface area is 483 Å². The van der Waals surface area contributed by atoms with Gasteiger partial charge in [-0.25, -0.2) is 0 Å². The molecule has 0 aromatic heterocycles. The number of aliphatic hydroxyl groups is 2. The summed E-state index contributed by atoms with van der Waals surface area (Å²) in [6.45, 7) is 4.32. The molecule has 452 valence electrons. The predicted molar refractivity (Wildman–Crippen MR) is 345 cm³/mol. The normalized spacial score (nSPS) is 13.0. The smallest absolute Gasteiger partial charge is 0.220 e. The first-order valence-electron chi connectivity index (χ1n) is 35.0. The topological polar surface area (TPSA) is 69.6 Å². The number of amides is 1. The molecule has 4 heteroatoms. The molecule has 77 heavy (non-hydrogen) atoms. The summed E-state index contributed by atoms with van der Waals surface area (Å²) >= 11 is 0. The minimum absolute atomic E-state index is 0.0720. The molecule has 0 aliphatic carbocycles. The molecule has 0 bridgehead atoms. The molecule has 0 saturated heterocycles. The van der Waals surface area contributed by atoms with Gasteiger partial charge in [-0.15, -0.1) is 0 Å². The van der Waals surface area contributed by atoms with Gasteiger partial charge < -0.3 is 15.5 Å². The SMILES string of the molecule is CCCCCCC/C=C\C/C=C\CCCCCCCCCCCCCCCCCCCCCCCC(=O)NC(CO)C(O)/C=C/CC/C=C/CC/C=C/CCCCCCCCCCCCCCCCCCCCCCCC. The highest BCUT2D eigenvalue weighted by atomic mass is 16.3. The number of rotatable bonds is 65. The van der Waals surface area contributed by atoms with Crippen molar-refractivity contribution in [3.63, 3.8) is 0 Å². The van der Waals surface area contributed by atoms with Crippen LogP contribution >= 0.6 is 0 Å². The summed E-state index contributed by atoms with van der Waals surface area (Å²) in [5, 5.41) is 23.3. The average molecular weight is 1080 g/mol. The fourth-order valence-corrected chi connectivity index (χ4v) is 10.9. The highest BCUT2D eigenvalue weighted by Crippen LogP contribution is 2.18. The van der Waals surface area contributed by atoms with Gasteiger partial charge in [0.05, 0.1) is 18.8 Å². The van der Waals surface area contributed by atoms with Crippen LogP contribution in [0.2, 0.25) is 0 Å². The van der Waals surface area contributed by atoms with Crippen molar-refractivity contribution in [2.24, 2.45) is 0 Å². The van der Waals surface area contributed by atoms with Gasteiger partial charge in [0.25, 0.3) is 0 Å². The van der Waals surface area contributed by atoms with Gasteiger partial charge in [-0.3, -0.25) is 4.79 Å². The Balaban J connectivity index is 3.48. The van der Waals surface area contributed by atoms with Crippen LogP contribution in [0.15, 0.2) is 60.8 Å². The minimum Gasteiger partial charge on any atom is -0.394 e. The first kappa shape index (κ1) is 75.1. The van der Waals surface area contributed by atoms with Crippen molar-refractivity contribution < 1.29 is 15.0 Å². The summed E-state index contributed by atoms with van der Waals surface area (Å²) in [5.41, 5.74) is 0. The van der Waals surface area contributed by atoms with Crippen molar-refractivity contribution in [2.75, 3.05) is 6.61 Å². The molecule has 0 aliphatic heterocycles. The lowest BCUT2D eigenvalue weighted by molar-refractivity contribution is -0.123. The van der Waals surface area contributed by atoms with E-state index in [1.165, 1.54) is 315 Å². The second-order valence-electron chi connectivity index (χ2n) is 23.9. The predicted octanol–water partition coefficient (Wildman–Crippen LogP) is 23.9. The van der Waals surface area contributed by atoms with E-state index in [2.05, 4.69) is 67.8 Å². The summed E-state index contributed by atoms with van der Waals surface area (Å²) in [6, 6.07) is -0.648. The molecule has 4 nitrogen and oxygen atoms in total. The number of aliphatic hydroxyl groups excluding tert-OH is 2. The second kappa shape index (κ2) is 68.4. The third kappa shape index (κ3) is 64.8. The van der Waals surface area contributed by atoms with Crippen molar-refractivity contribution in [2.45, 2.75) is 392 Å². The zero-order chi connectivity index (χ0) is 55.5. The third-order valence-corrected chi connectivity index (χ3v) is 16.2. The van der Waals surface area contributed by atoms with E-state index < -0.39 is 12.1 Å². The lowest BCUT2D eigenvalue weighted by atomic mass is 10.0. The van der Waals surface area contributed by atoms with Crippen molar-refractivity contribution in [3.8, 4) is 0 Å². The molecular weight excluding hydrogens is 939 g/mol. The molecule has 0 rings (SSSR count). The van der Waals surface area contributed by atoms with Crippen LogP contribution in [0.3, 0.4) is 0 Å². The van der Waals surface area contributed by atoms with Crippen molar-refractivity contribution in [3.05, 3.63) is 60.8 Å². The van der Waals surface area contributed by atoms with Gasteiger partial charge in [0, 0.05) is 6.42 Å². The van der Waals surface area contributed by atoms with Crippen LogP contribution in [0, 0.1) is 0 Å². The lowest BCUT2D eigenvalue weighted by Gasteiger charge is -2.19. The van der Waals surface area contributed by atoms with E-state index in [1.807, 2.05) is 6.08 Å². The Hall–Kier alpha value is -1.91. The molecule has 2 unspecified atom stereocenters. The van der Waals surface area contributed by atoms with Crippen LogP contribution in [-0.2, 0) is 4.79 Å². The Morgan fingerprint density at radius 3 is 0.831 bits per heavy atom. The van der Waals surface area contributed by atoms with Crippen molar-refractivity contribution >= 4 is 5.91 Å². The standard InChI is InChI=1S/C73H137NO3/c1-3-5-7-9-11-13-15-17-19-21-23-25-27-29-31-33-35-37-39-41-43-45-47-49-51-53-55-57-59-61-63-65-67-69-73(77)74-71(70-75)72(76)68-66-64-62-60-58-56-54-52-50-48-46-44-42-40-38-36-34-32-30-28-26-24-22-20-18-16-14-12-10-8-6-4-2/h15,17,21,23,50,52,58,60,66,68,71-72,75-76H,3-14,16,18-20,22,24-49,51,53-57,59,61-65,67,69-70H2,1-2H3,(H,74,77)/b17-15-,23-21-,52-50+,60-58+,68-66+. The van der Waals surface area contributed by atoms with Gasteiger partial charge in [-0.2, -0.15) is 0 Å². The molecule has 0 aromatic carbocycles. The highest BCUT2D eigenvalue weighted by Gasteiger charge is 2.18. The van der Waals surface area contributed by atoms with Gasteiger partial charge >= 0.3 is 0 Å². The summed E-state index contributed by atoms with van der Waals surface area (Å²) < 4.78 is 0. The van der Waals surface area contributed by atoms with E-state index in [4.69, 9.17) is 0 Å². The van der Waals surface area contributed by atoms with Crippen LogP contribution in [-0.4, -0.2) is 34.9 Å². The molecule has 0 fully saturated rings. The molecule has 0 aliphatic rings. The fraction of sp³-hybridized carbons (Fsp3) is 0.849. The summed E-state index contributed by atoms with van der Waals surface area (Å²) in [7, 11) is 0. The second-order valence-corrected chi connectivity index (χ2v) is 23.9. The van der Waals surface area contributed by atoms with Crippen LogP contribution < -0.4 is 5.32 Å². The number of hydrogen-bond donors (Lipinski definition) is 3.